The van der Waals surface area contributed by atoms with E-state index >= 15 is 0 Å². The largest absolute Gasteiger partial charge is 0.289 e. The Labute approximate surface area is 122 Å². The van der Waals surface area contributed by atoms with E-state index in [4.69, 9.17) is 0 Å². The molecular weight excluding hydrogens is 296 g/mol. The summed E-state index contributed by atoms with van der Waals surface area (Å²) in [7, 11) is 0. The minimum Gasteiger partial charge on any atom is -0.289 e. The average Bonchev–Trinajstić information content (AvgIpc) is 2.86. The molecule has 0 unspecified atom stereocenters. The van der Waals surface area contributed by atoms with Crippen molar-refractivity contribution >= 4 is 17.4 Å². The van der Waals surface area contributed by atoms with Crippen LogP contribution in [0.25, 0.3) is 16.9 Å². The van der Waals surface area contributed by atoms with Crippen molar-refractivity contribution in [3.8, 4) is 11.3 Å². The van der Waals surface area contributed by atoms with Gasteiger partial charge >= 0.3 is 0 Å². The first kappa shape index (κ1) is 13.8. The summed E-state index contributed by atoms with van der Waals surface area (Å²) in [6.07, 6.45) is 1.80. The van der Waals surface area contributed by atoms with Gasteiger partial charge in [-0.1, -0.05) is 0 Å². The van der Waals surface area contributed by atoms with Crippen molar-refractivity contribution < 1.29 is 8.78 Å². The molecule has 0 radical (unpaired) electrons. The standard InChI is InChI=1S/C14H11F2N3OS/c1-7-13(21-2)14(20)19-12(17-7)6-11(18-19)8-3-4-9(15)10(16)5-8/h3-6,18H,1-2H3. The molecule has 0 aliphatic carbocycles. The van der Waals surface area contributed by atoms with Crippen LogP contribution in [0.5, 0.6) is 0 Å². The molecule has 108 valence electrons. The third-order valence-corrected chi connectivity index (χ3v) is 4.06. The van der Waals surface area contributed by atoms with Crippen LogP contribution in [0.15, 0.2) is 34.0 Å². The van der Waals surface area contributed by atoms with Crippen LogP contribution in [0.3, 0.4) is 0 Å². The van der Waals surface area contributed by atoms with Gasteiger partial charge in [0.25, 0.3) is 5.56 Å². The zero-order valence-corrected chi connectivity index (χ0v) is 12.1. The zero-order chi connectivity index (χ0) is 15.1. The second kappa shape index (κ2) is 5.00. The van der Waals surface area contributed by atoms with Crippen molar-refractivity contribution in [2.24, 2.45) is 0 Å². The SMILES string of the molecule is CSc1c(C)nc2cc(-c3ccc(F)c(F)c3)[nH]n2c1=O. The van der Waals surface area contributed by atoms with Crippen molar-refractivity contribution in [2.45, 2.75) is 11.8 Å². The zero-order valence-electron chi connectivity index (χ0n) is 11.3. The molecule has 4 nitrogen and oxygen atoms in total. The summed E-state index contributed by atoms with van der Waals surface area (Å²) in [5.74, 6) is -1.85. The Morgan fingerprint density at radius 1 is 1.24 bits per heavy atom. The molecule has 0 spiro atoms. The van der Waals surface area contributed by atoms with E-state index in [1.165, 1.54) is 22.3 Å². The molecule has 0 fully saturated rings. The maximum atomic E-state index is 13.3. The van der Waals surface area contributed by atoms with Gasteiger partial charge in [0.2, 0.25) is 0 Å². The molecule has 1 aromatic carbocycles. The van der Waals surface area contributed by atoms with Crippen LogP contribution in [0.4, 0.5) is 8.78 Å². The number of nitrogens with one attached hydrogen (secondary N) is 1. The molecule has 7 heteroatoms. The molecule has 3 aromatic rings. The lowest BCUT2D eigenvalue weighted by molar-refractivity contribution is 0.509. The van der Waals surface area contributed by atoms with E-state index in [1.807, 2.05) is 0 Å². The number of nitrogens with zero attached hydrogens (tertiary/aromatic N) is 2. The maximum absolute atomic E-state index is 13.3. The Morgan fingerprint density at radius 2 is 2.00 bits per heavy atom. The predicted molar refractivity (Wildman–Crippen MR) is 77.7 cm³/mol. The molecule has 21 heavy (non-hydrogen) atoms. The van der Waals surface area contributed by atoms with Gasteiger partial charge in [0.05, 0.1) is 16.3 Å². The van der Waals surface area contributed by atoms with E-state index in [9.17, 15) is 13.6 Å². The number of halogens is 2. The summed E-state index contributed by atoms with van der Waals surface area (Å²) in [6.45, 7) is 1.76. The fraction of sp³-hybridized carbons (Fsp3) is 0.143. The Morgan fingerprint density at radius 3 is 2.67 bits per heavy atom. The highest BCUT2D eigenvalue weighted by molar-refractivity contribution is 7.98. The Bertz CT molecular complexity index is 901. The topological polar surface area (TPSA) is 50.2 Å². The van der Waals surface area contributed by atoms with E-state index in [0.717, 1.165) is 12.1 Å². The van der Waals surface area contributed by atoms with Gasteiger partial charge in [-0.05, 0) is 31.4 Å². The summed E-state index contributed by atoms with van der Waals surface area (Å²) in [4.78, 5) is 17.2. The number of thioether (sulfide) groups is 1. The van der Waals surface area contributed by atoms with Gasteiger partial charge in [-0.15, -0.1) is 11.8 Å². The fourth-order valence-corrected chi connectivity index (χ4v) is 2.77. The number of aromatic nitrogens is 3. The average molecular weight is 307 g/mol. The first-order chi connectivity index (χ1) is 10.0. The molecule has 1 N–H and O–H groups in total. The van der Waals surface area contributed by atoms with Crippen molar-refractivity contribution in [1.82, 2.24) is 14.6 Å². The molecule has 0 bridgehead atoms. The van der Waals surface area contributed by atoms with Crippen molar-refractivity contribution in [1.29, 1.82) is 0 Å². The Kier molecular flexibility index (Phi) is 3.29. The van der Waals surface area contributed by atoms with E-state index in [1.54, 1.807) is 19.2 Å². The molecule has 0 aliphatic heterocycles. The molecular formula is C14H11F2N3OS. The summed E-state index contributed by atoms with van der Waals surface area (Å²) >= 11 is 1.32. The summed E-state index contributed by atoms with van der Waals surface area (Å²) < 4.78 is 27.6. The molecule has 3 rings (SSSR count). The lowest BCUT2D eigenvalue weighted by atomic mass is 10.1. The quantitative estimate of drug-likeness (QED) is 0.741. The number of aromatic amines is 1. The fourth-order valence-electron chi connectivity index (χ4n) is 2.17. The number of rotatable bonds is 2. The van der Waals surface area contributed by atoms with Gasteiger partial charge in [-0.3, -0.25) is 9.89 Å². The van der Waals surface area contributed by atoms with Gasteiger partial charge in [-0.25, -0.2) is 18.3 Å². The van der Waals surface area contributed by atoms with E-state index < -0.39 is 11.6 Å². The molecule has 0 aliphatic rings. The highest BCUT2D eigenvalue weighted by Crippen LogP contribution is 2.22. The van der Waals surface area contributed by atoms with E-state index in [-0.39, 0.29) is 5.56 Å². The van der Waals surface area contributed by atoms with Crippen LogP contribution >= 0.6 is 11.8 Å². The van der Waals surface area contributed by atoms with Crippen molar-refractivity contribution in [3.63, 3.8) is 0 Å². The first-order valence-electron chi connectivity index (χ1n) is 6.13. The Hall–Kier alpha value is -2.15. The van der Waals surface area contributed by atoms with Gasteiger partial charge in [0.1, 0.15) is 0 Å². The minimum absolute atomic E-state index is 0.209. The third kappa shape index (κ3) is 2.23. The van der Waals surface area contributed by atoms with Crippen molar-refractivity contribution in [2.75, 3.05) is 6.26 Å². The summed E-state index contributed by atoms with van der Waals surface area (Å²) in [6, 6.07) is 5.19. The van der Waals surface area contributed by atoms with Crippen LogP contribution < -0.4 is 5.56 Å². The number of aryl methyl sites for hydroxylation is 1. The molecule has 0 amide bonds. The summed E-state index contributed by atoms with van der Waals surface area (Å²) in [5.41, 5.74) is 1.82. The number of hydrogen-bond donors (Lipinski definition) is 1. The molecule has 2 heterocycles. The second-order valence-corrected chi connectivity index (χ2v) is 5.34. The van der Waals surface area contributed by atoms with Crippen LogP contribution in [-0.4, -0.2) is 20.9 Å². The van der Waals surface area contributed by atoms with Gasteiger partial charge in [0, 0.05) is 11.6 Å². The predicted octanol–water partition coefficient (Wildman–Crippen LogP) is 3.00. The second-order valence-electron chi connectivity index (χ2n) is 4.53. The van der Waals surface area contributed by atoms with Crippen LogP contribution in [0.1, 0.15) is 5.69 Å². The molecule has 2 aromatic heterocycles. The van der Waals surface area contributed by atoms with E-state index in [0.29, 0.717) is 27.5 Å². The number of benzene rings is 1. The highest BCUT2D eigenvalue weighted by Gasteiger charge is 2.13. The molecule has 0 saturated heterocycles. The van der Waals surface area contributed by atoms with Crippen LogP contribution in [0, 0.1) is 18.6 Å². The third-order valence-electron chi connectivity index (χ3n) is 3.18. The number of H-pyrrole nitrogens is 1. The molecule has 0 atom stereocenters. The minimum atomic E-state index is -0.938. The number of fused-ring (bicyclic) bond motifs is 1. The first-order valence-corrected chi connectivity index (χ1v) is 7.35. The van der Waals surface area contributed by atoms with E-state index in [2.05, 4.69) is 10.1 Å². The smallest absolute Gasteiger partial charge is 0.286 e. The van der Waals surface area contributed by atoms with Gasteiger partial charge in [0.15, 0.2) is 17.3 Å². The van der Waals surface area contributed by atoms with Crippen LogP contribution in [0.2, 0.25) is 0 Å². The van der Waals surface area contributed by atoms with Crippen LogP contribution in [-0.2, 0) is 0 Å². The van der Waals surface area contributed by atoms with Gasteiger partial charge in [-0.2, -0.15) is 0 Å². The monoisotopic (exact) mass is 307 g/mol. The number of hydrogen-bond acceptors (Lipinski definition) is 3. The normalized spacial score (nSPS) is 11.2. The molecule has 0 saturated carbocycles. The summed E-state index contributed by atoms with van der Waals surface area (Å²) in [5, 5.41) is 2.87. The highest BCUT2D eigenvalue weighted by atomic mass is 32.2. The van der Waals surface area contributed by atoms with Gasteiger partial charge < -0.3 is 0 Å². The van der Waals surface area contributed by atoms with Crippen molar-refractivity contribution in [3.05, 3.63) is 51.9 Å². The Balaban J connectivity index is 2.24. The maximum Gasteiger partial charge on any atom is 0.286 e. The lowest BCUT2D eigenvalue weighted by Crippen LogP contribution is -2.18. The lowest BCUT2D eigenvalue weighted by Gasteiger charge is -2.01.